The first kappa shape index (κ1) is 27.0. The Labute approximate surface area is 214 Å². The fourth-order valence-electron chi connectivity index (χ4n) is 4.45. The molecule has 3 aromatic rings. The van der Waals surface area contributed by atoms with Gasteiger partial charge in [-0.2, -0.15) is 0 Å². The van der Waals surface area contributed by atoms with Crippen molar-refractivity contribution >= 4 is 17.7 Å². The lowest BCUT2D eigenvalue weighted by atomic mass is 9.96. The third kappa shape index (κ3) is 9.19. The van der Waals surface area contributed by atoms with Gasteiger partial charge in [0, 0.05) is 5.75 Å². The Bertz CT molecular complexity index is 1010. The van der Waals surface area contributed by atoms with Gasteiger partial charge >= 0.3 is 5.97 Å². The normalized spacial score (nSPS) is 12.9. The van der Waals surface area contributed by atoms with Crippen molar-refractivity contribution in [2.24, 2.45) is 0 Å². The first-order valence-electron chi connectivity index (χ1n) is 12.8. The van der Waals surface area contributed by atoms with Gasteiger partial charge in [0.05, 0.1) is 16.9 Å². The highest BCUT2D eigenvalue weighted by Gasteiger charge is 2.20. The summed E-state index contributed by atoms with van der Waals surface area (Å²) >= 11 is 1.72. The molecule has 0 saturated carbocycles. The monoisotopic (exact) mass is 490 g/mol. The summed E-state index contributed by atoms with van der Waals surface area (Å²) in [4.78, 5) is 11.1. The van der Waals surface area contributed by atoms with Gasteiger partial charge in [-0.3, -0.25) is 0 Å². The quantitative estimate of drug-likeness (QED) is 0.213. The maximum absolute atomic E-state index is 11.1. The van der Waals surface area contributed by atoms with Crippen LogP contribution in [0.3, 0.4) is 0 Å². The van der Waals surface area contributed by atoms with E-state index in [9.17, 15) is 9.90 Å². The molecule has 0 aliphatic heterocycles. The Kier molecular flexibility index (Phi) is 11.4. The molecule has 3 aromatic carbocycles. The lowest BCUT2D eigenvalue weighted by molar-refractivity contribution is 0.0697. The fourth-order valence-corrected chi connectivity index (χ4v) is 5.71. The third-order valence-corrected chi connectivity index (χ3v) is 7.94. The summed E-state index contributed by atoms with van der Waals surface area (Å²) in [5.41, 5.74) is 5.35. The third-order valence-electron chi connectivity index (χ3n) is 6.43. The van der Waals surface area contributed by atoms with E-state index in [1.807, 2.05) is 19.1 Å². The van der Waals surface area contributed by atoms with Crippen LogP contribution in [-0.4, -0.2) is 22.3 Å². The van der Waals surface area contributed by atoms with Crippen LogP contribution in [0.25, 0.3) is 0 Å². The number of rotatable bonds is 15. The van der Waals surface area contributed by atoms with Crippen molar-refractivity contribution in [2.75, 3.05) is 0 Å². The van der Waals surface area contributed by atoms with E-state index in [0.717, 1.165) is 17.7 Å². The molecule has 0 fully saturated rings. The molecule has 0 heterocycles. The fraction of sp³-hybridized carbons (Fsp3) is 0.387. The minimum atomic E-state index is -0.910. The number of hydrogen-bond acceptors (Lipinski definition) is 3. The van der Waals surface area contributed by atoms with Gasteiger partial charge in [-0.15, -0.1) is 11.8 Å². The molecule has 2 N–H and O–H groups in total. The van der Waals surface area contributed by atoms with E-state index in [-0.39, 0.29) is 5.25 Å². The predicted molar refractivity (Wildman–Crippen MR) is 147 cm³/mol. The largest absolute Gasteiger partial charge is 0.478 e. The highest BCUT2D eigenvalue weighted by atomic mass is 32.2. The Hall–Kier alpha value is -2.56. The summed E-state index contributed by atoms with van der Waals surface area (Å²) in [6.45, 7) is 1.86. The van der Waals surface area contributed by atoms with Crippen molar-refractivity contribution in [1.82, 2.24) is 0 Å². The van der Waals surface area contributed by atoms with Gasteiger partial charge in [0.1, 0.15) is 0 Å². The first-order valence-corrected chi connectivity index (χ1v) is 13.8. The molecule has 2 unspecified atom stereocenters. The number of hydrogen-bond donors (Lipinski definition) is 2. The number of aliphatic hydroxyl groups excluding tert-OH is 1. The van der Waals surface area contributed by atoms with E-state index in [4.69, 9.17) is 5.11 Å². The van der Waals surface area contributed by atoms with Gasteiger partial charge in [0.2, 0.25) is 0 Å². The number of carbonyl (C=O) groups is 1. The van der Waals surface area contributed by atoms with Gasteiger partial charge in [-0.05, 0) is 67.0 Å². The van der Waals surface area contributed by atoms with Crippen LogP contribution in [0.5, 0.6) is 0 Å². The smallest absolute Gasteiger partial charge is 0.335 e. The standard InChI is InChI=1S/C31H38O3S/c1-24(32)30(35-23-26-19-21-28(22-20-26)31(33)34)29-18-12-11-17-27(29)16-10-5-3-2-4-7-13-25-14-8-6-9-15-25/h6,8-9,11-12,14-15,17-22,24,30,32H,2-5,7,10,13,16,23H2,1H3,(H,33,34). The van der Waals surface area contributed by atoms with Crippen LogP contribution in [0.15, 0.2) is 78.9 Å². The summed E-state index contributed by atoms with van der Waals surface area (Å²) < 4.78 is 0. The second-order valence-corrected chi connectivity index (χ2v) is 10.4. The number of aliphatic hydroxyl groups is 1. The zero-order valence-corrected chi connectivity index (χ0v) is 21.6. The molecule has 0 spiro atoms. The average molecular weight is 491 g/mol. The molecule has 0 aliphatic rings. The molecule has 186 valence electrons. The number of carboxylic acids is 1. The number of carboxylic acid groups (broad SMARTS) is 1. The van der Waals surface area contributed by atoms with Gasteiger partial charge in [-0.1, -0.05) is 92.4 Å². The van der Waals surface area contributed by atoms with Crippen LogP contribution in [0.2, 0.25) is 0 Å². The van der Waals surface area contributed by atoms with Crippen molar-refractivity contribution in [3.8, 4) is 0 Å². The average Bonchev–Trinajstić information content (AvgIpc) is 2.87. The van der Waals surface area contributed by atoms with Crippen LogP contribution in [0, 0.1) is 0 Å². The molecule has 0 amide bonds. The Morgan fingerprint density at radius 1 is 0.743 bits per heavy atom. The molecule has 0 bridgehead atoms. The Morgan fingerprint density at radius 3 is 2.00 bits per heavy atom. The lowest BCUT2D eigenvalue weighted by Gasteiger charge is -2.23. The predicted octanol–water partition coefficient (Wildman–Crippen LogP) is 7.87. The van der Waals surface area contributed by atoms with E-state index in [2.05, 4.69) is 54.6 Å². The number of thioether (sulfide) groups is 1. The molecule has 35 heavy (non-hydrogen) atoms. The van der Waals surface area contributed by atoms with Crippen LogP contribution < -0.4 is 0 Å². The van der Waals surface area contributed by atoms with Crippen molar-refractivity contribution in [3.63, 3.8) is 0 Å². The van der Waals surface area contributed by atoms with Crippen LogP contribution in [0.1, 0.15) is 83.3 Å². The maximum Gasteiger partial charge on any atom is 0.335 e. The second kappa shape index (κ2) is 14.8. The van der Waals surface area contributed by atoms with Crippen molar-refractivity contribution in [1.29, 1.82) is 0 Å². The van der Waals surface area contributed by atoms with Crippen molar-refractivity contribution < 1.29 is 15.0 Å². The van der Waals surface area contributed by atoms with E-state index >= 15 is 0 Å². The summed E-state index contributed by atoms with van der Waals surface area (Å²) in [5, 5.41) is 19.6. The number of aromatic carboxylic acids is 1. The molecule has 0 aromatic heterocycles. The highest BCUT2D eigenvalue weighted by molar-refractivity contribution is 7.98. The van der Waals surface area contributed by atoms with E-state index in [1.54, 1.807) is 23.9 Å². The molecule has 0 aliphatic carbocycles. The number of aryl methyl sites for hydroxylation is 2. The van der Waals surface area contributed by atoms with Crippen LogP contribution in [0.4, 0.5) is 0 Å². The molecule has 3 rings (SSSR count). The van der Waals surface area contributed by atoms with Gasteiger partial charge in [-0.25, -0.2) is 4.79 Å². The van der Waals surface area contributed by atoms with Gasteiger partial charge < -0.3 is 10.2 Å². The zero-order chi connectivity index (χ0) is 24.9. The molecule has 2 atom stereocenters. The molecule has 0 radical (unpaired) electrons. The second-order valence-electron chi connectivity index (χ2n) is 9.28. The van der Waals surface area contributed by atoms with Crippen LogP contribution >= 0.6 is 11.8 Å². The van der Waals surface area contributed by atoms with Crippen molar-refractivity contribution in [3.05, 3.63) is 107 Å². The van der Waals surface area contributed by atoms with E-state index in [0.29, 0.717) is 5.56 Å². The number of benzene rings is 3. The number of unbranched alkanes of at least 4 members (excludes halogenated alkanes) is 5. The topological polar surface area (TPSA) is 57.5 Å². The minimum Gasteiger partial charge on any atom is -0.478 e. The molecule has 0 saturated heterocycles. The summed E-state index contributed by atoms with van der Waals surface area (Å²) in [6.07, 6.45) is 9.28. The Morgan fingerprint density at radius 2 is 1.34 bits per heavy atom. The molecular formula is C31H38O3S. The Balaban J connectivity index is 1.44. The SMILES string of the molecule is CC(O)C(SCc1ccc(C(=O)O)cc1)c1ccccc1CCCCCCCCc1ccccc1. The van der Waals surface area contributed by atoms with E-state index < -0.39 is 12.1 Å². The lowest BCUT2D eigenvalue weighted by Crippen LogP contribution is -2.14. The minimum absolute atomic E-state index is 0.0108. The maximum atomic E-state index is 11.1. The van der Waals surface area contributed by atoms with Gasteiger partial charge in [0.25, 0.3) is 0 Å². The van der Waals surface area contributed by atoms with Crippen molar-refractivity contribution in [2.45, 2.75) is 75.4 Å². The summed E-state index contributed by atoms with van der Waals surface area (Å²) in [6, 6.07) is 26.3. The van der Waals surface area contributed by atoms with E-state index in [1.165, 1.54) is 61.6 Å². The zero-order valence-electron chi connectivity index (χ0n) is 20.7. The first-order chi connectivity index (χ1) is 17.0. The highest BCUT2D eigenvalue weighted by Crippen LogP contribution is 2.37. The molecule has 4 heteroatoms. The van der Waals surface area contributed by atoms with Gasteiger partial charge in [0.15, 0.2) is 0 Å². The summed E-state index contributed by atoms with van der Waals surface area (Å²) in [7, 11) is 0. The summed E-state index contributed by atoms with van der Waals surface area (Å²) in [5.74, 6) is -0.181. The molecular weight excluding hydrogens is 452 g/mol. The molecule has 3 nitrogen and oxygen atoms in total. The van der Waals surface area contributed by atoms with Crippen LogP contribution in [-0.2, 0) is 18.6 Å².